The van der Waals surface area contributed by atoms with Crippen molar-refractivity contribution < 1.29 is 0 Å². The number of hydrogen-bond donors (Lipinski definition) is 2. The molecule has 0 amide bonds. The number of nitrogens with one attached hydrogen (secondary N) is 2. The molecule has 0 aromatic carbocycles. The molecule has 1 saturated heterocycles. The van der Waals surface area contributed by atoms with E-state index in [2.05, 4.69) is 43.5 Å². The topological polar surface area (TPSA) is 39.7 Å². The van der Waals surface area contributed by atoms with Gasteiger partial charge in [0.25, 0.3) is 0 Å². The van der Waals surface area contributed by atoms with Crippen LogP contribution in [0, 0.1) is 5.92 Å². The summed E-state index contributed by atoms with van der Waals surface area (Å²) >= 11 is 2.05. The predicted molar refractivity (Wildman–Crippen MR) is 100 cm³/mol. The van der Waals surface area contributed by atoms with E-state index in [0.29, 0.717) is 6.04 Å². The van der Waals surface area contributed by atoms with Crippen LogP contribution in [0.2, 0.25) is 0 Å². The fraction of sp³-hybridized carbons (Fsp3) is 0.929. The van der Waals surface area contributed by atoms with Gasteiger partial charge in [-0.2, -0.15) is 11.8 Å². The van der Waals surface area contributed by atoms with Crippen molar-refractivity contribution in [2.75, 3.05) is 38.7 Å². The van der Waals surface area contributed by atoms with Crippen molar-refractivity contribution in [2.45, 2.75) is 38.3 Å². The third kappa shape index (κ3) is 4.66. The highest BCUT2D eigenvalue weighted by Gasteiger charge is 2.37. The van der Waals surface area contributed by atoms with Gasteiger partial charge in [-0.1, -0.05) is 6.92 Å². The summed E-state index contributed by atoms with van der Waals surface area (Å²) in [6.45, 7) is 6.23. The van der Waals surface area contributed by atoms with Crippen LogP contribution in [0.5, 0.6) is 0 Å². The van der Waals surface area contributed by atoms with Crippen molar-refractivity contribution in [1.82, 2.24) is 15.5 Å². The number of likely N-dealkylation sites (N-methyl/N-ethyl adjacent to an activating group) is 1. The number of hydrogen-bond acceptors (Lipinski definition) is 3. The summed E-state index contributed by atoms with van der Waals surface area (Å²) < 4.78 is 0. The average Bonchev–Trinajstić information content (AvgIpc) is 2.89. The molecule has 1 aliphatic carbocycles. The standard InChI is InChI=1S/C14H28N4S.HI/c1-5-15-13(17-12-8-11(12)2)16-9-14(18(3)4)6-7-19-10-14;/h11-12H,5-10H2,1-4H3,(H2,15,16,17);1H. The van der Waals surface area contributed by atoms with Gasteiger partial charge in [0.1, 0.15) is 0 Å². The van der Waals surface area contributed by atoms with Crippen LogP contribution in [0.1, 0.15) is 26.7 Å². The Balaban J connectivity index is 0.00000200. The first-order valence-corrected chi connectivity index (χ1v) is 8.53. The maximum atomic E-state index is 4.84. The molecule has 0 bridgehead atoms. The van der Waals surface area contributed by atoms with Crippen molar-refractivity contribution in [2.24, 2.45) is 10.9 Å². The van der Waals surface area contributed by atoms with E-state index in [1.54, 1.807) is 0 Å². The van der Waals surface area contributed by atoms with Gasteiger partial charge in [-0.05, 0) is 45.5 Å². The van der Waals surface area contributed by atoms with Crippen molar-refractivity contribution in [3.8, 4) is 0 Å². The molecule has 118 valence electrons. The molecule has 0 aromatic rings. The van der Waals surface area contributed by atoms with E-state index < -0.39 is 0 Å². The average molecular weight is 412 g/mol. The fourth-order valence-corrected chi connectivity index (χ4v) is 4.00. The number of thioether (sulfide) groups is 1. The van der Waals surface area contributed by atoms with Crippen LogP contribution < -0.4 is 10.6 Å². The monoisotopic (exact) mass is 412 g/mol. The molecule has 2 N–H and O–H groups in total. The molecule has 1 saturated carbocycles. The molecule has 0 aromatic heterocycles. The molecule has 3 unspecified atom stereocenters. The molecule has 4 nitrogen and oxygen atoms in total. The van der Waals surface area contributed by atoms with Gasteiger partial charge in [0.15, 0.2) is 5.96 Å². The third-order valence-corrected chi connectivity index (χ3v) is 5.57. The van der Waals surface area contributed by atoms with Crippen molar-refractivity contribution in [3.63, 3.8) is 0 Å². The SMILES string of the molecule is CCNC(=NCC1(N(C)C)CCSC1)NC1CC1C.I. The molecule has 2 aliphatic rings. The Hall–Kier alpha value is 0.310. The fourth-order valence-electron chi connectivity index (χ4n) is 2.46. The minimum Gasteiger partial charge on any atom is -0.357 e. The van der Waals surface area contributed by atoms with E-state index in [-0.39, 0.29) is 29.5 Å². The van der Waals surface area contributed by atoms with Crippen LogP contribution >= 0.6 is 35.7 Å². The van der Waals surface area contributed by atoms with E-state index in [1.807, 2.05) is 11.8 Å². The molecule has 2 fully saturated rings. The summed E-state index contributed by atoms with van der Waals surface area (Å²) in [5, 5.41) is 6.90. The van der Waals surface area contributed by atoms with E-state index in [1.165, 1.54) is 24.3 Å². The van der Waals surface area contributed by atoms with Gasteiger partial charge in [-0.25, -0.2) is 0 Å². The Morgan fingerprint density at radius 2 is 2.15 bits per heavy atom. The number of halogens is 1. The molecule has 1 aliphatic heterocycles. The summed E-state index contributed by atoms with van der Waals surface area (Å²) in [5.41, 5.74) is 0.252. The van der Waals surface area contributed by atoms with Crippen LogP contribution in [-0.2, 0) is 0 Å². The van der Waals surface area contributed by atoms with Gasteiger partial charge >= 0.3 is 0 Å². The first kappa shape index (κ1) is 18.4. The molecule has 3 atom stereocenters. The second kappa shape index (κ2) is 8.08. The van der Waals surface area contributed by atoms with Crippen LogP contribution in [0.15, 0.2) is 4.99 Å². The lowest BCUT2D eigenvalue weighted by Crippen LogP contribution is -2.48. The zero-order valence-corrected chi connectivity index (χ0v) is 16.3. The number of guanidine groups is 1. The zero-order valence-electron chi connectivity index (χ0n) is 13.1. The maximum absolute atomic E-state index is 4.84. The van der Waals surface area contributed by atoms with Gasteiger partial charge in [0.2, 0.25) is 0 Å². The molecule has 2 rings (SSSR count). The summed E-state index contributed by atoms with van der Waals surface area (Å²) in [6.07, 6.45) is 2.52. The summed E-state index contributed by atoms with van der Waals surface area (Å²) in [5.74, 6) is 4.25. The van der Waals surface area contributed by atoms with Crippen molar-refractivity contribution in [3.05, 3.63) is 0 Å². The highest BCUT2D eigenvalue weighted by molar-refractivity contribution is 14.0. The molecule has 0 spiro atoms. The lowest BCUT2D eigenvalue weighted by molar-refractivity contribution is 0.190. The van der Waals surface area contributed by atoms with E-state index in [4.69, 9.17) is 4.99 Å². The van der Waals surface area contributed by atoms with E-state index >= 15 is 0 Å². The number of nitrogens with zero attached hydrogens (tertiary/aromatic N) is 2. The smallest absolute Gasteiger partial charge is 0.191 e. The third-order valence-electron chi connectivity index (χ3n) is 4.34. The highest BCUT2D eigenvalue weighted by Crippen LogP contribution is 2.32. The molecule has 1 heterocycles. The zero-order chi connectivity index (χ0) is 13.9. The highest BCUT2D eigenvalue weighted by atomic mass is 127. The van der Waals surface area contributed by atoms with Gasteiger partial charge in [-0.15, -0.1) is 24.0 Å². The first-order chi connectivity index (χ1) is 9.07. The van der Waals surface area contributed by atoms with Gasteiger partial charge < -0.3 is 15.5 Å². The Morgan fingerprint density at radius 1 is 1.45 bits per heavy atom. The second-order valence-corrected chi connectivity index (χ2v) is 7.19. The minimum absolute atomic E-state index is 0. The molecule has 20 heavy (non-hydrogen) atoms. The lowest BCUT2D eigenvalue weighted by atomic mass is 9.98. The second-order valence-electron chi connectivity index (χ2n) is 6.08. The number of rotatable bonds is 5. The van der Waals surface area contributed by atoms with Crippen molar-refractivity contribution in [1.29, 1.82) is 0 Å². The summed E-state index contributed by atoms with van der Waals surface area (Å²) in [7, 11) is 4.37. The van der Waals surface area contributed by atoms with Gasteiger partial charge in [0, 0.05) is 23.9 Å². The number of aliphatic imine (C=N–C) groups is 1. The summed E-state index contributed by atoms with van der Waals surface area (Å²) in [4.78, 5) is 7.20. The first-order valence-electron chi connectivity index (χ1n) is 7.37. The van der Waals surface area contributed by atoms with Crippen LogP contribution in [0.4, 0.5) is 0 Å². The normalized spacial score (nSPS) is 33.0. The minimum atomic E-state index is 0. The van der Waals surface area contributed by atoms with E-state index in [9.17, 15) is 0 Å². The van der Waals surface area contributed by atoms with Gasteiger partial charge in [0.05, 0.1) is 6.54 Å². The van der Waals surface area contributed by atoms with E-state index in [0.717, 1.165) is 25.0 Å². The quantitative estimate of drug-likeness (QED) is 0.412. The molecule has 6 heteroatoms. The maximum Gasteiger partial charge on any atom is 0.191 e. The Labute approximate surface area is 144 Å². The Kier molecular flexibility index (Phi) is 7.41. The van der Waals surface area contributed by atoms with Crippen LogP contribution in [-0.4, -0.2) is 61.1 Å². The summed E-state index contributed by atoms with van der Waals surface area (Å²) in [6, 6.07) is 0.631. The molecule has 0 radical (unpaired) electrons. The van der Waals surface area contributed by atoms with Crippen molar-refractivity contribution >= 4 is 41.7 Å². The largest absolute Gasteiger partial charge is 0.357 e. The van der Waals surface area contributed by atoms with Gasteiger partial charge in [-0.3, -0.25) is 4.99 Å². The molecular formula is C14H29IN4S. The molecular weight excluding hydrogens is 383 g/mol. The van der Waals surface area contributed by atoms with Crippen LogP contribution in [0.25, 0.3) is 0 Å². The van der Waals surface area contributed by atoms with Crippen LogP contribution in [0.3, 0.4) is 0 Å². The predicted octanol–water partition coefficient (Wildman–Crippen LogP) is 2.01. The Bertz CT molecular complexity index is 329. The lowest BCUT2D eigenvalue weighted by Gasteiger charge is -2.34. The Morgan fingerprint density at radius 3 is 2.60 bits per heavy atom.